The van der Waals surface area contributed by atoms with Gasteiger partial charge in [0.05, 0.1) is 22.8 Å². The molecule has 0 bridgehead atoms. The summed E-state index contributed by atoms with van der Waals surface area (Å²) in [5, 5.41) is 9.68. The van der Waals surface area contributed by atoms with Gasteiger partial charge >= 0.3 is 6.18 Å². The second kappa shape index (κ2) is 7.18. The number of likely N-dealkylation sites (N-methyl/N-ethyl adjacent to an activating group) is 1. The number of anilines is 1. The molecule has 0 aliphatic heterocycles. The van der Waals surface area contributed by atoms with Crippen molar-refractivity contribution in [3.05, 3.63) is 40.7 Å². The van der Waals surface area contributed by atoms with Crippen LogP contribution in [0, 0.1) is 0 Å². The van der Waals surface area contributed by atoms with E-state index in [4.69, 9.17) is 11.6 Å². The van der Waals surface area contributed by atoms with Crippen molar-refractivity contribution in [1.82, 2.24) is 19.9 Å². The van der Waals surface area contributed by atoms with Gasteiger partial charge in [0.1, 0.15) is 0 Å². The van der Waals surface area contributed by atoms with Crippen LogP contribution in [0.3, 0.4) is 0 Å². The Labute approximate surface area is 141 Å². The lowest BCUT2D eigenvalue weighted by Gasteiger charge is -2.15. The van der Waals surface area contributed by atoms with Crippen molar-refractivity contribution in [2.24, 2.45) is 7.05 Å². The molecular weight excluding hydrogens is 347 g/mol. The average Bonchev–Trinajstić information content (AvgIpc) is 2.84. The Morgan fingerprint density at radius 3 is 2.71 bits per heavy atom. The first-order valence-electron chi connectivity index (χ1n) is 6.85. The summed E-state index contributed by atoms with van der Waals surface area (Å²) in [6.45, 7) is 0.371. The zero-order valence-electron chi connectivity index (χ0n) is 12.9. The standard InChI is InChI=1S/C14H15ClF3N5O/c1-22(6-10-7-23(2)21-20-10)8-13(24)19-9-3-4-12(15)11(5-9)14(16,17)18/h3-5,7H,6,8H2,1-2H3,(H,19,24). The molecule has 0 radical (unpaired) electrons. The van der Waals surface area contributed by atoms with Crippen LogP contribution in [0.15, 0.2) is 24.4 Å². The number of carbonyl (C=O) groups is 1. The van der Waals surface area contributed by atoms with Gasteiger partial charge in [0.2, 0.25) is 5.91 Å². The molecule has 10 heteroatoms. The molecule has 0 saturated carbocycles. The summed E-state index contributed by atoms with van der Waals surface area (Å²) in [6.07, 6.45) is -2.87. The van der Waals surface area contributed by atoms with E-state index in [9.17, 15) is 18.0 Å². The third-order valence-corrected chi connectivity index (χ3v) is 3.38. The van der Waals surface area contributed by atoms with Gasteiger partial charge in [0.25, 0.3) is 0 Å². The summed E-state index contributed by atoms with van der Waals surface area (Å²) in [5.74, 6) is -0.447. The predicted molar refractivity (Wildman–Crippen MR) is 82.4 cm³/mol. The van der Waals surface area contributed by atoms with E-state index in [-0.39, 0.29) is 12.2 Å². The zero-order chi connectivity index (χ0) is 17.9. The Bertz CT molecular complexity index is 731. The highest BCUT2D eigenvalue weighted by molar-refractivity contribution is 6.31. The van der Waals surface area contributed by atoms with Crippen LogP contribution in [-0.4, -0.2) is 39.4 Å². The number of carbonyl (C=O) groups excluding carboxylic acids is 1. The molecule has 1 amide bonds. The van der Waals surface area contributed by atoms with E-state index in [1.54, 1.807) is 25.2 Å². The first kappa shape index (κ1) is 18.2. The van der Waals surface area contributed by atoms with Crippen LogP contribution in [0.2, 0.25) is 5.02 Å². The number of aryl methyl sites for hydroxylation is 1. The lowest BCUT2D eigenvalue weighted by atomic mass is 10.2. The third kappa shape index (κ3) is 4.93. The maximum atomic E-state index is 12.8. The monoisotopic (exact) mass is 361 g/mol. The van der Waals surface area contributed by atoms with Crippen molar-refractivity contribution in [2.75, 3.05) is 18.9 Å². The summed E-state index contributed by atoms with van der Waals surface area (Å²) in [7, 11) is 3.42. The van der Waals surface area contributed by atoms with Gasteiger partial charge < -0.3 is 5.32 Å². The molecule has 1 heterocycles. The molecular formula is C14H15ClF3N5O. The fourth-order valence-electron chi connectivity index (χ4n) is 2.07. The van der Waals surface area contributed by atoms with Gasteiger partial charge in [0, 0.05) is 25.5 Å². The van der Waals surface area contributed by atoms with Crippen LogP contribution in [0.5, 0.6) is 0 Å². The quantitative estimate of drug-likeness (QED) is 0.889. The van der Waals surface area contributed by atoms with Crippen molar-refractivity contribution in [3.8, 4) is 0 Å². The van der Waals surface area contributed by atoms with Crippen LogP contribution in [-0.2, 0) is 24.6 Å². The lowest BCUT2D eigenvalue weighted by Crippen LogP contribution is -2.30. The molecule has 1 N–H and O–H groups in total. The summed E-state index contributed by atoms with van der Waals surface area (Å²) < 4.78 is 39.9. The number of halogens is 4. The Balaban J connectivity index is 1.97. The minimum atomic E-state index is -4.58. The Kier molecular flexibility index (Phi) is 5.45. The molecule has 0 aliphatic carbocycles. The van der Waals surface area contributed by atoms with Gasteiger partial charge in [-0.15, -0.1) is 5.10 Å². The Hall–Kier alpha value is -2.13. The van der Waals surface area contributed by atoms with Crippen molar-refractivity contribution < 1.29 is 18.0 Å². The van der Waals surface area contributed by atoms with Gasteiger partial charge in [-0.05, 0) is 25.2 Å². The van der Waals surface area contributed by atoms with Gasteiger partial charge in [-0.25, -0.2) is 0 Å². The number of nitrogens with zero attached hydrogens (tertiary/aromatic N) is 4. The normalized spacial score (nSPS) is 11.8. The van der Waals surface area contributed by atoms with Gasteiger partial charge in [-0.2, -0.15) is 13.2 Å². The fraction of sp³-hybridized carbons (Fsp3) is 0.357. The number of hydrogen-bond acceptors (Lipinski definition) is 4. The van der Waals surface area contributed by atoms with Gasteiger partial charge in [-0.1, -0.05) is 16.8 Å². The number of hydrogen-bond donors (Lipinski definition) is 1. The predicted octanol–water partition coefficient (Wildman–Crippen LogP) is 2.56. The van der Waals surface area contributed by atoms with E-state index in [1.165, 1.54) is 10.7 Å². The van der Waals surface area contributed by atoms with Crippen molar-refractivity contribution in [3.63, 3.8) is 0 Å². The largest absolute Gasteiger partial charge is 0.417 e. The molecule has 24 heavy (non-hydrogen) atoms. The molecule has 0 unspecified atom stereocenters. The van der Waals surface area contributed by atoms with Crippen LogP contribution in [0.4, 0.5) is 18.9 Å². The number of amides is 1. The van der Waals surface area contributed by atoms with Crippen molar-refractivity contribution >= 4 is 23.2 Å². The number of aromatic nitrogens is 3. The Morgan fingerprint density at radius 2 is 2.12 bits per heavy atom. The summed E-state index contributed by atoms with van der Waals surface area (Å²) in [6, 6.07) is 3.23. The number of alkyl halides is 3. The van der Waals surface area contributed by atoms with Crippen LogP contribution in [0.25, 0.3) is 0 Å². The summed E-state index contributed by atoms with van der Waals surface area (Å²) >= 11 is 5.54. The van der Waals surface area contributed by atoms with Crippen molar-refractivity contribution in [1.29, 1.82) is 0 Å². The molecule has 2 aromatic rings. The molecule has 0 spiro atoms. The molecule has 130 valence electrons. The summed E-state index contributed by atoms with van der Waals surface area (Å²) in [5.41, 5.74) is -0.279. The summed E-state index contributed by atoms with van der Waals surface area (Å²) in [4.78, 5) is 13.6. The van der Waals surface area contributed by atoms with Gasteiger partial charge in [-0.3, -0.25) is 14.4 Å². The van der Waals surface area contributed by atoms with Crippen LogP contribution < -0.4 is 5.32 Å². The molecule has 0 saturated heterocycles. The molecule has 0 aliphatic rings. The minimum absolute atomic E-state index is 0.0133. The van der Waals surface area contributed by atoms with E-state index in [0.29, 0.717) is 12.2 Å². The highest BCUT2D eigenvalue weighted by atomic mass is 35.5. The second-order valence-electron chi connectivity index (χ2n) is 5.30. The minimum Gasteiger partial charge on any atom is -0.325 e. The molecule has 6 nitrogen and oxygen atoms in total. The van der Waals surface area contributed by atoms with Gasteiger partial charge in [0.15, 0.2) is 0 Å². The first-order valence-corrected chi connectivity index (χ1v) is 7.23. The molecule has 1 aromatic heterocycles. The Morgan fingerprint density at radius 1 is 1.42 bits per heavy atom. The smallest absolute Gasteiger partial charge is 0.325 e. The maximum Gasteiger partial charge on any atom is 0.417 e. The first-order chi connectivity index (χ1) is 11.1. The zero-order valence-corrected chi connectivity index (χ0v) is 13.7. The van der Waals surface area contributed by atoms with E-state index < -0.39 is 22.7 Å². The molecule has 2 rings (SSSR count). The van der Waals surface area contributed by atoms with Crippen molar-refractivity contribution in [2.45, 2.75) is 12.7 Å². The highest BCUT2D eigenvalue weighted by Crippen LogP contribution is 2.36. The van der Waals surface area contributed by atoms with Crippen LogP contribution in [0.1, 0.15) is 11.3 Å². The number of rotatable bonds is 5. The van der Waals surface area contributed by atoms with E-state index in [2.05, 4.69) is 15.6 Å². The molecule has 1 aromatic carbocycles. The fourth-order valence-corrected chi connectivity index (χ4v) is 2.29. The number of benzene rings is 1. The van der Waals surface area contributed by atoms with E-state index in [1.807, 2.05) is 0 Å². The van der Waals surface area contributed by atoms with E-state index in [0.717, 1.165) is 12.1 Å². The second-order valence-corrected chi connectivity index (χ2v) is 5.70. The molecule has 0 atom stereocenters. The van der Waals surface area contributed by atoms with Crippen LogP contribution >= 0.6 is 11.6 Å². The lowest BCUT2D eigenvalue weighted by molar-refractivity contribution is -0.137. The third-order valence-electron chi connectivity index (χ3n) is 3.05. The van der Waals surface area contributed by atoms with E-state index >= 15 is 0 Å². The molecule has 0 fully saturated rings. The maximum absolute atomic E-state index is 12.8. The highest BCUT2D eigenvalue weighted by Gasteiger charge is 2.33. The number of nitrogens with one attached hydrogen (secondary N) is 1. The topological polar surface area (TPSA) is 63.1 Å². The SMILES string of the molecule is CN(CC(=O)Nc1ccc(Cl)c(C(F)(F)F)c1)Cc1cn(C)nn1. The average molecular weight is 362 g/mol.